The first-order chi connectivity index (χ1) is 9.08. The Morgan fingerprint density at radius 3 is 2.47 bits per heavy atom. The summed E-state index contributed by atoms with van der Waals surface area (Å²) in [6.07, 6.45) is 0. The highest BCUT2D eigenvalue weighted by Gasteiger charge is 2.14. The van der Waals surface area contributed by atoms with Crippen molar-refractivity contribution in [3.8, 4) is 16.9 Å². The predicted octanol–water partition coefficient (Wildman–Crippen LogP) is 3.58. The van der Waals surface area contributed by atoms with Gasteiger partial charge in [-0.05, 0) is 42.7 Å². The van der Waals surface area contributed by atoms with Gasteiger partial charge in [0.05, 0.1) is 7.11 Å². The van der Waals surface area contributed by atoms with Crippen molar-refractivity contribution in [1.29, 1.82) is 0 Å². The normalized spacial score (nSPS) is 10.6. The minimum absolute atomic E-state index is 0.265. The Labute approximate surface area is 113 Å². The van der Waals surface area contributed by atoms with Crippen molar-refractivity contribution in [3.63, 3.8) is 0 Å². The Hall–Kier alpha value is -1.87. The van der Waals surface area contributed by atoms with Crippen LogP contribution < -0.4 is 10.5 Å². The SMILES string of the molecule is COc1c(-c2cc(CN)ccc2F)ccc(C)c1C. The summed E-state index contributed by atoms with van der Waals surface area (Å²) in [5.74, 6) is 0.451. The van der Waals surface area contributed by atoms with Crippen molar-refractivity contribution in [3.05, 3.63) is 52.8 Å². The van der Waals surface area contributed by atoms with Crippen LogP contribution in [0, 0.1) is 19.7 Å². The molecule has 0 saturated heterocycles. The molecule has 0 radical (unpaired) electrons. The third-order valence-corrected chi connectivity index (χ3v) is 3.44. The molecule has 0 fully saturated rings. The Balaban J connectivity index is 2.68. The molecular weight excluding hydrogens is 241 g/mol. The number of hydrogen-bond donors (Lipinski definition) is 1. The molecule has 2 rings (SSSR count). The first-order valence-corrected chi connectivity index (χ1v) is 6.21. The number of benzene rings is 2. The van der Waals surface area contributed by atoms with Gasteiger partial charge in [0.2, 0.25) is 0 Å². The summed E-state index contributed by atoms with van der Waals surface area (Å²) in [4.78, 5) is 0. The zero-order valence-corrected chi connectivity index (χ0v) is 11.5. The van der Waals surface area contributed by atoms with Crippen LogP contribution in [0.25, 0.3) is 11.1 Å². The fourth-order valence-corrected chi connectivity index (χ4v) is 2.17. The first-order valence-electron chi connectivity index (χ1n) is 6.21. The summed E-state index contributed by atoms with van der Waals surface area (Å²) in [7, 11) is 1.61. The van der Waals surface area contributed by atoms with Crippen LogP contribution in [0.1, 0.15) is 16.7 Å². The summed E-state index contributed by atoms with van der Waals surface area (Å²) in [5, 5.41) is 0. The Bertz CT molecular complexity index is 608. The maximum Gasteiger partial charge on any atom is 0.131 e. The molecule has 19 heavy (non-hydrogen) atoms. The predicted molar refractivity (Wildman–Crippen MR) is 75.8 cm³/mol. The van der Waals surface area contributed by atoms with Crippen LogP contribution >= 0.6 is 0 Å². The highest BCUT2D eigenvalue weighted by Crippen LogP contribution is 2.36. The third kappa shape index (κ3) is 2.47. The lowest BCUT2D eigenvalue weighted by molar-refractivity contribution is 0.412. The van der Waals surface area contributed by atoms with E-state index in [1.165, 1.54) is 6.07 Å². The molecule has 0 unspecified atom stereocenters. The highest BCUT2D eigenvalue weighted by atomic mass is 19.1. The van der Waals surface area contributed by atoms with E-state index in [2.05, 4.69) is 0 Å². The molecule has 2 aromatic carbocycles. The highest BCUT2D eigenvalue weighted by molar-refractivity contribution is 5.74. The Morgan fingerprint density at radius 2 is 1.84 bits per heavy atom. The standard InChI is InChI=1S/C16H18FNO/c1-10-4-6-13(16(19-3)11(10)2)14-8-12(9-18)5-7-15(14)17/h4-8H,9,18H2,1-3H3. The van der Waals surface area contributed by atoms with E-state index in [9.17, 15) is 4.39 Å². The van der Waals surface area contributed by atoms with Crippen LogP contribution in [0.3, 0.4) is 0 Å². The summed E-state index contributed by atoms with van der Waals surface area (Å²) in [6, 6.07) is 8.79. The molecule has 0 bridgehead atoms. The summed E-state index contributed by atoms with van der Waals surface area (Å²) >= 11 is 0. The van der Waals surface area contributed by atoms with Crippen molar-refractivity contribution >= 4 is 0 Å². The number of aryl methyl sites for hydroxylation is 1. The molecule has 0 spiro atoms. The second-order valence-electron chi connectivity index (χ2n) is 4.61. The molecular formula is C16H18FNO. The van der Waals surface area contributed by atoms with Gasteiger partial charge in [-0.25, -0.2) is 4.39 Å². The lowest BCUT2D eigenvalue weighted by Gasteiger charge is -2.15. The Kier molecular flexibility index (Phi) is 3.86. The maximum absolute atomic E-state index is 14.0. The van der Waals surface area contributed by atoms with Gasteiger partial charge in [0.1, 0.15) is 11.6 Å². The molecule has 0 aliphatic carbocycles. The monoisotopic (exact) mass is 259 g/mol. The molecule has 2 aromatic rings. The molecule has 0 aliphatic rings. The van der Waals surface area contributed by atoms with Crippen LogP contribution in [0.15, 0.2) is 30.3 Å². The van der Waals surface area contributed by atoms with Crippen LogP contribution in [-0.2, 0) is 6.54 Å². The number of hydrogen-bond acceptors (Lipinski definition) is 2. The molecule has 0 aliphatic heterocycles. The first kappa shape index (κ1) is 13.6. The van der Waals surface area contributed by atoms with Gasteiger partial charge >= 0.3 is 0 Å². The van der Waals surface area contributed by atoms with Crippen LogP contribution in [0.4, 0.5) is 4.39 Å². The fraction of sp³-hybridized carbons (Fsp3) is 0.250. The fourth-order valence-electron chi connectivity index (χ4n) is 2.17. The van der Waals surface area contributed by atoms with E-state index in [0.717, 1.165) is 22.3 Å². The van der Waals surface area contributed by atoms with Gasteiger partial charge in [-0.2, -0.15) is 0 Å². The average Bonchev–Trinajstić information content (AvgIpc) is 2.42. The van der Waals surface area contributed by atoms with Crippen molar-refractivity contribution in [2.75, 3.05) is 7.11 Å². The number of methoxy groups -OCH3 is 1. The van der Waals surface area contributed by atoms with E-state index < -0.39 is 0 Å². The van der Waals surface area contributed by atoms with Crippen LogP contribution in [0.2, 0.25) is 0 Å². The lowest BCUT2D eigenvalue weighted by atomic mass is 9.97. The van der Waals surface area contributed by atoms with E-state index in [1.807, 2.05) is 26.0 Å². The van der Waals surface area contributed by atoms with Gasteiger partial charge in [-0.15, -0.1) is 0 Å². The number of halogens is 1. The van der Waals surface area contributed by atoms with E-state index in [1.54, 1.807) is 19.2 Å². The number of rotatable bonds is 3. The van der Waals surface area contributed by atoms with Gasteiger partial charge < -0.3 is 10.5 Å². The molecule has 2 N–H and O–H groups in total. The molecule has 0 saturated carbocycles. The van der Waals surface area contributed by atoms with E-state index in [4.69, 9.17) is 10.5 Å². The molecule has 0 amide bonds. The molecule has 2 nitrogen and oxygen atoms in total. The zero-order valence-electron chi connectivity index (χ0n) is 11.5. The lowest BCUT2D eigenvalue weighted by Crippen LogP contribution is -1.99. The maximum atomic E-state index is 14.0. The Morgan fingerprint density at radius 1 is 1.11 bits per heavy atom. The van der Waals surface area contributed by atoms with E-state index >= 15 is 0 Å². The molecule has 100 valence electrons. The molecule has 0 aromatic heterocycles. The smallest absolute Gasteiger partial charge is 0.131 e. The third-order valence-electron chi connectivity index (χ3n) is 3.44. The topological polar surface area (TPSA) is 35.2 Å². The van der Waals surface area contributed by atoms with E-state index in [0.29, 0.717) is 17.9 Å². The summed E-state index contributed by atoms with van der Waals surface area (Å²) < 4.78 is 19.5. The van der Waals surface area contributed by atoms with Gasteiger partial charge in [0.15, 0.2) is 0 Å². The summed E-state index contributed by atoms with van der Waals surface area (Å²) in [5.41, 5.74) is 9.96. The zero-order chi connectivity index (χ0) is 14.0. The van der Waals surface area contributed by atoms with Crippen LogP contribution in [-0.4, -0.2) is 7.11 Å². The van der Waals surface area contributed by atoms with Gasteiger partial charge in [-0.3, -0.25) is 0 Å². The van der Waals surface area contributed by atoms with Crippen molar-refractivity contribution in [2.24, 2.45) is 5.73 Å². The minimum atomic E-state index is -0.265. The molecule has 3 heteroatoms. The van der Waals surface area contributed by atoms with Crippen molar-refractivity contribution < 1.29 is 9.13 Å². The number of ether oxygens (including phenoxy) is 1. The largest absolute Gasteiger partial charge is 0.496 e. The van der Waals surface area contributed by atoms with Gasteiger partial charge in [0, 0.05) is 17.7 Å². The minimum Gasteiger partial charge on any atom is -0.496 e. The van der Waals surface area contributed by atoms with E-state index in [-0.39, 0.29) is 5.82 Å². The second kappa shape index (κ2) is 5.41. The van der Waals surface area contributed by atoms with Crippen molar-refractivity contribution in [2.45, 2.75) is 20.4 Å². The molecule has 0 heterocycles. The van der Waals surface area contributed by atoms with Gasteiger partial charge in [0.25, 0.3) is 0 Å². The quantitative estimate of drug-likeness (QED) is 0.914. The van der Waals surface area contributed by atoms with Crippen molar-refractivity contribution in [1.82, 2.24) is 0 Å². The summed E-state index contributed by atoms with van der Waals surface area (Å²) in [6.45, 7) is 4.37. The van der Waals surface area contributed by atoms with Gasteiger partial charge in [-0.1, -0.05) is 18.2 Å². The average molecular weight is 259 g/mol. The number of nitrogens with two attached hydrogens (primary N) is 1. The second-order valence-corrected chi connectivity index (χ2v) is 4.61. The van der Waals surface area contributed by atoms with Crippen LogP contribution in [0.5, 0.6) is 5.75 Å². The molecule has 0 atom stereocenters.